The number of hydrogen-bond donors (Lipinski definition) is 0. The Hall–Kier alpha value is -2.93. The van der Waals surface area contributed by atoms with Crippen LogP contribution in [0.3, 0.4) is 0 Å². The highest BCUT2D eigenvalue weighted by Gasteiger charge is 2.35. The molecule has 0 unspecified atom stereocenters. The second-order valence-corrected chi connectivity index (χ2v) is 8.40. The van der Waals surface area contributed by atoms with Crippen molar-refractivity contribution in [2.24, 2.45) is 13.0 Å². The molecule has 1 saturated heterocycles. The van der Waals surface area contributed by atoms with E-state index in [0.717, 1.165) is 25.2 Å². The molecule has 0 saturated carbocycles. The van der Waals surface area contributed by atoms with Gasteiger partial charge in [0.25, 0.3) is 5.56 Å². The fourth-order valence-electron chi connectivity index (χ4n) is 4.99. The molecule has 2 aliphatic heterocycles. The molecule has 5 rings (SSSR count). The van der Waals surface area contributed by atoms with Gasteiger partial charge in [0, 0.05) is 68.9 Å². The lowest BCUT2D eigenvalue weighted by Gasteiger charge is -2.43. The Kier molecular flexibility index (Phi) is 4.70. The van der Waals surface area contributed by atoms with Crippen LogP contribution < -0.4 is 10.3 Å². The number of rotatable bonds is 4. The quantitative estimate of drug-likeness (QED) is 0.666. The van der Waals surface area contributed by atoms with Gasteiger partial charge in [0.1, 0.15) is 17.4 Å². The molecular weight excluding hydrogens is 383 g/mol. The summed E-state index contributed by atoms with van der Waals surface area (Å²) in [6.45, 7) is 2.95. The van der Waals surface area contributed by atoms with Crippen molar-refractivity contribution in [2.75, 3.05) is 20.2 Å². The minimum Gasteiger partial charge on any atom is -0.497 e. The van der Waals surface area contributed by atoms with Gasteiger partial charge in [-0.2, -0.15) is 0 Å². The standard InChI is InChI=1S/C23H25FN4O2/c1-26-8-7-25-22(26)19-5-6-21-17-9-15(12-28(21)23(19)29)11-27(14-17)13-16-3-4-18(30-2)10-20(16)24/h3-8,10,15,17H,9,11-14H2,1-2H3/t15-,17+/m0/s1. The molecule has 0 spiro atoms. The topological polar surface area (TPSA) is 52.3 Å². The van der Waals surface area contributed by atoms with Crippen LogP contribution in [-0.2, 0) is 20.1 Å². The summed E-state index contributed by atoms with van der Waals surface area (Å²) in [6.07, 6.45) is 4.64. The van der Waals surface area contributed by atoms with E-state index in [-0.39, 0.29) is 17.3 Å². The molecule has 2 aliphatic rings. The summed E-state index contributed by atoms with van der Waals surface area (Å²) < 4.78 is 23.3. The van der Waals surface area contributed by atoms with E-state index in [1.165, 1.54) is 6.07 Å². The predicted octanol–water partition coefficient (Wildman–Crippen LogP) is 3.02. The molecule has 6 nitrogen and oxygen atoms in total. The Bertz CT molecular complexity index is 1150. The highest BCUT2D eigenvalue weighted by molar-refractivity contribution is 5.54. The molecule has 0 N–H and O–H groups in total. The van der Waals surface area contributed by atoms with E-state index >= 15 is 0 Å². The molecule has 2 bridgehead atoms. The van der Waals surface area contributed by atoms with Gasteiger partial charge in [-0.1, -0.05) is 6.07 Å². The highest BCUT2D eigenvalue weighted by Crippen LogP contribution is 2.36. The van der Waals surface area contributed by atoms with Crippen molar-refractivity contribution < 1.29 is 9.13 Å². The molecular formula is C23H25FN4O2. The number of methoxy groups -OCH3 is 1. The Morgan fingerprint density at radius 2 is 2.07 bits per heavy atom. The zero-order valence-electron chi connectivity index (χ0n) is 17.2. The summed E-state index contributed by atoms with van der Waals surface area (Å²) in [5, 5.41) is 0. The number of benzene rings is 1. The molecule has 0 aliphatic carbocycles. The number of aryl methyl sites for hydroxylation is 1. The molecule has 2 atom stereocenters. The van der Waals surface area contributed by atoms with Gasteiger partial charge in [-0.3, -0.25) is 9.69 Å². The van der Waals surface area contributed by atoms with Gasteiger partial charge >= 0.3 is 0 Å². The second-order valence-electron chi connectivity index (χ2n) is 8.40. The number of nitrogens with zero attached hydrogens (tertiary/aromatic N) is 4. The summed E-state index contributed by atoms with van der Waals surface area (Å²) in [5.41, 5.74) is 2.43. The Labute approximate surface area is 174 Å². The third kappa shape index (κ3) is 3.23. The van der Waals surface area contributed by atoms with Crippen LogP contribution in [0.25, 0.3) is 11.4 Å². The van der Waals surface area contributed by atoms with Gasteiger partial charge in [-0.15, -0.1) is 0 Å². The number of likely N-dealkylation sites (tertiary alicyclic amines) is 1. The minimum absolute atomic E-state index is 0.0335. The van der Waals surface area contributed by atoms with Crippen LogP contribution in [0.2, 0.25) is 0 Å². The largest absolute Gasteiger partial charge is 0.497 e. The van der Waals surface area contributed by atoms with Gasteiger partial charge < -0.3 is 13.9 Å². The van der Waals surface area contributed by atoms with Crippen LogP contribution in [-0.4, -0.2) is 39.2 Å². The van der Waals surface area contributed by atoms with Gasteiger partial charge in [-0.25, -0.2) is 9.37 Å². The maximum atomic E-state index is 14.4. The lowest BCUT2D eigenvalue weighted by molar-refractivity contribution is 0.113. The van der Waals surface area contributed by atoms with E-state index < -0.39 is 0 Å². The van der Waals surface area contributed by atoms with Crippen molar-refractivity contribution in [3.63, 3.8) is 0 Å². The maximum absolute atomic E-state index is 14.4. The van der Waals surface area contributed by atoms with Crippen LogP contribution in [0, 0.1) is 11.7 Å². The molecule has 1 aromatic carbocycles. The Morgan fingerprint density at radius 3 is 2.80 bits per heavy atom. The molecule has 4 heterocycles. The third-order valence-electron chi connectivity index (χ3n) is 6.40. The zero-order chi connectivity index (χ0) is 20.8. The highest BCUT2D eigenvalue weighted by atomic mass is 19.1. The summed E-state index contributed by atoms with van der Waals surface area (Å²) in [6, 6.07) is 9.02. The summed E-state index contributed by atoms with van der Waals surface area (Å²) in [4.78, 5) is 19.9. The molecule has 0 amide bonds. The first-order chi connectivity index (χ1) is 14.5. The first-order valence-electron chi connectivity index (χ1n) is 10.3. The third-order valence-corrected chi connectivity index (χ3v) is 6.40. The number of fused-ring (bicyclic) bond motifs is 4. The number of pyridine rings is 1. The van der Waals surface area contributed by atoms with Crippen molar-refractivity contribution >= 4 is 0 Å². The second kappa shape index (κ2) is 7.40. The lowest BCUT2D eigenvalue weighted by atomic mass is 9.82. The van der Waals surface area contributed by atoms with Crippen LogP contribution in [0.1, 0.15) is 23.6 Å². The molecule has 1 fully saturated rings. The number of halogens is 1. The van der Waals surface area contributed by atoms with E-state index in [1.807, 2.05) is 28.4 Å². The van der Waals surface area contributed by atoms with Crippen LogP contribution in [0.5, 0.6) is 5.75 Å². The molecule has 0 radical (unpaired) electrons. The first kappa shape index (κ1) is 19.1. The summed E-state index contributed by atoms with van der Waals surface area (Å²) in [5.74, 6) is 1.65. The van der Waals surface area contributed by atoms with E-state index in [2.05, 4.69) is 16.0 Å². The summed E-state index contributed by atoms with van der Waals surface area (Å²) >= 11 is 0. The molecule has 156 valence electrons. The van der Waals surface area contributed by atoms with Crippen molar-refractivity contribution in [1.29, 1.82) is 0 Å². The normalized spacial score (nSPS) is 20.8. The average Bonchev–Trinajstić information content (AvgIpc) is 3.16. The Morgan fingerprint density at radius 1 is 1.20 bits per heavy atom. The first-order valence-corrected chi connectivity index (χ1v) is 10.3. The number of aromatic nitrogens is 3. The van der Waals surface area contributed by atoms with E-state index in [9.17, 15) is 9.18 Å². The molecule has 2 aromatic heterocycles. The molecule has 3 aromatic rings. The van der Waals surface area contributed by atoms with E-state index in [0.29, 0.717) is 41.7 Å². The fraction of sp³-hybridized carbons (Fsp3) is 0.391. The van der Waals surface area contributed by atoms with Crippen LogP contribution in [0.15, 0.2) is 47.5 Å². The monoisotopic (exact) mass is 408 g/mol. The van der Waals surface area contributed by atoms with Crippen molar-refractivity contribution in [1.82, 2.24) is 19.0 Å². The lowest BCUT2D eigenvalue weighted by Crippen LogP contribution is -2.47. The van der Waals surface area contributed by atoms with Crippen LogP contribution in [0.4, 0.5) is 4.39 Å². The van der Waals surface area contributed by atoms with E-state index in [4.69, 9.17) is 4.74 Å². The molecule has 30 heavy (non-hydrogen) atoms. The minimum atomic E-state index is -0.235. The average molecular weight is 408 g/mol. The molecule has 7 heteroatoms. The predicted molar refractivity (Wildman–Crippen MR) is 112 cm³/mol. The number of imidazole rings is 1. The van der Waals surface area contributed by atoms with Gasteiger partial charge in [0.15, 0.2) is 0 Å². The number of hydrogen-bond acceptors (Lipinski definition) is 4. The number of piperidine rings is 1. The van der Waals surface area contributed by atoms with Crippen molar-refractivity contribution in [3.05, 3.63) is 70.2 Å². The number of ether oxygens (including phenoxy) is 1. The van der Waals surface area contributed by atoms with Crippen LogP contribution >= 0.6 is 0 Å². The van der Waals surface area contributed by atoms with Gasteiger partial charge in [0.2, 0.25) is 0 Å². The van der Waals surface area contributed by atoms with Gasteiger partial charge in [0.05, 0.1) is 12.7 Å². The Balaban J connectivity index is 1.41. The van der Waals surface area contributed by atoms with Crippen molar-refractivity contribution in [3.8, 4) is 17.1 Å². The summed E-state index contributed by atoms with van der Waals surface area (Å²) in [7, 11) is 3.44. The van der Waals surface area contributed by atoms with Crippen molar-refractivity contribution in [2.45, 2.75) is 25.4 Å². The SMILES string of the molecule is COc1ccc(CN2C[C@@H]3C[C@H](C2)c2ccc(-c4nccn4C)c(=O)n2C3)c(F)c1. The fourth-order valence-corrected chi connectivity index (χ4v) is 4.99. The zero-order valence-corrected chi connectivity index (χ0v) is 17.2. The van der Waals surface area contributed by atoms with Gasteiger partial charge in [-0.05, 0) is 30.5 Å². The van der Waals surface area contributed by atoms with E-state index in [1.54, 1.807) is 25.4 Å². The smallest absolute Gasteiger partial charge is 0.261 e. The maximum Gasteiger partial charge on any atom is 0.261 e.